The van der Waals surface area contributed by atoms with Gasteiger partial charge in [0.15, 0.2) is 0 Å². The number of hydrogen-bond acceptors (Lipinski definition) is 2. The van der Waals surface area contributed by atoms with Crippen LogP contribution in [0.2, 0.25) is 0 Å². The fourth-order valence-electron chi connectivity index (χ4n) is 1.43. The molecule has 0 amide bonds. The standard InChI is InChI=1S/C13H20BrNS/c1-9(2)8-16-13-7-12(14)5-4-11(13)6-10(3)15/h4-5,7,9-10H,6,8,15H2,1-3H3. The SMILES string of the molecule is CC(C)CSc1cc(Br)ccc1CC(C)N. The summed E-state index contributed by atoms with van der Waals surface area (Å²) in [7, 11) is 0. The van der Waals surface area contributed by atoms with Crippen molar-refractivity contribution in [3.05, 3.63) is 28.2 Å². The first kappa shape index (κ1) is 14.1. The number of thioether (sulfide) groups is 1. The van der Waals surface area contributed by atoms with Crippen molar-refractivity contribution in [2.45, 2.75) is 38.1 Å². The van der Waals surface area contributed by atoms with E-state index >= 15 is 0 Å². The molecule has 0 radical (unpaired) electrons. The lowest BCUT2D eigenvalue weighted by atomic mass is 10.1. The second-order valence-electron chi connectivity index (χ2n) is 4.64. The Balaban J connectivity index is 2.81. The lowest BCUT2D eigenvalue weighted by molar-refractivity contribution is 0.727. The minimum Gasteiger partial charge on any atom is -0.328 e. The summed E-state index contributed by atoms with van der Waals surface area (Å²) in [5.41, 5.74) is 7.23. The first-order valence-corrected chi connectivity index (χ1v) is 7.43. The molecule has 1 aromatic carbocycles. The predicted molar refractivity (Wildman–Crippen MR) is 77.1 cm³/mol. The first-order chi connectivity index (χ1) is 7.49. The molecule has 1 unspecified atom stereocenters. The summed E-state index contributed by atoms with van der Waals surface area (Å²) in [4.78, 5) is 1.36. The molecule has 0 aliphatic rings. The molecule has 0 heterocycles. The molecule has 1 atom stereocenters. The summed E-state index contributed by atoms with van der Waals surface area (Å²) in [5.74, 6) is 1.87. The van der Waals surface area contributed by atoms with Crippen molar-refractivity contribution in [1.82, 2.24) is 0 Å². The summed E-state index contributed by atoms with van der Waals surface area (Å²) in [5, 5.41) is 0. The molecule has 0 fully saturated rings. The Morgan fingerprint density at radius 2 is 2.00 bits per heavy atom. The number of halogens is 1. The first-order valence-electron chi connectivity index (χ1n) is 5.66. The molecule has 1 aromatic rings. The second-order valence-corrected chi connectivity index (χ2v) is 6.62. The third-order valence-electron chi connectivity index (χ3n) is 2.14. The molecule has 1 rings (SSSR count). The van der Waals surface area contributed by atoms with Crippen molar-refractivity contribution >= 4 is 27.7 Å². The summed E-state index contributed by atoms with van der Waals surface area (Å²) in [6.45, 7) is 6.55. The van der Waals surface area contributed by atoms with Crippen molar-refractivity contribution in [2.75, 3.05) is 5.75 Å². The Bertz CT molecular complexity index is 337. The van der Waals surface area contributed by atoms with Gasteiger partial charge in [-0.2, -0.15) is 0 Å². The van der Waals surface area contributed by atoms with Crippen LogP contribution in [0.15, 0.2) is 27.6 Å². The third-order valence-corrected chi connectivity index (χ3v) is 4.16. The fraction of sp³-hybridized carbons (Fsp3) is 0.538. The molecule has 3 heteroatoms. The quantitative estimate of drug-likeness (QED) is 0.829. The molecule has 1 nitrogen and oxygen atoms in total. The van der Waals surface area contributed by atoms with Crippen LogP contribution in [-0.4, -0.2) is 11.8 Å². The van der Waals surface area contributed by atoms with Gasteiger partial charge < -0.3 is 5.73 Å². The van der Waals surface area contributed by atoms with Gasteiger partial charge in [-0.1, -0.05) is 35.8 Å². The van der Waals surface area contributed by atoms with Gasteiger partial charge in [0, 0.05) is 21.2 Å². The van der Waals surface area contributed by atoms with Crippen molar-refractivity contribution in [2.24, 2.45) is 11.7 Å². The Morgan fingerprint density at radius 1 is 1.31 bits per heavy atom. The predicted octanol–water partition coefficient (Wildman–Crippen LogP) is 4.09. The van der Waals surface area contributed by atoms with Gasteiger partial charge in [-0.25, -0.2) is 0 Å². The molecule has 90 valence electrons. The molecule has 0 aliphatic heterocycles. The Hall–Kier alpha value is 0.01000. The molecular weight excluding hydrogens is 282 g/mol. The minimum atomic E-state index is 0.222. The van der Waals surface area contributed by atoms with Gasteiger partial charge in [-0.15, -0.1) is 11.8 Å². The number of hydrogen-bond donors (Lipinski definition) is 1. The van der Waals surface area contributed by atoms with E-state index in [1.807, 2.05) is 11.8 Å². The maximum Gasteiger partial charge on any atom is 0.0186 e. The molecule has 0 saturated heterocycles. The highest BCUT2D eigenvalue weighted by molar-refractivity contribution is 9.10. The zero-order valence-corrected chi connectivity index (χ0v) is 12.6. The van der Waals surface area contributed by atoms with E-state index in [0.29, 0.717) is 5.92 Å². The maximum atomic E-state index is 5.87. The Labute approximate surface area is 111 Å². The van der Waals surface area contributed by atoms with Crippen LogP contribution in [0.25, 0.3) is 0 Å². The molecule has 0 spiro atoms. The summed E-state index contributed by atoms with van der Waals surface area (Å²) in [6.07, 6.45) is 0.952. The average Bonchev–Trinajstić information content (AvgIpc) is 2.17. The van der Waals surface area contributed by atoms with Gasteiger partial charge in [0.05, 0.1) is 0 Å². The van der Waals surface area contributed by atoms with Crippen LogP contribution in [0, 0.1) is 5.92 Å². The Kier molecular flexibility index (Phi) is 5.87. The monoisotopic (exact) mass is 301 g/mol. The highest BCUT2D eigenvalue weighted by atomic mass is 79.9. The van der Waals surface area contributed by atoms with Crippen LogP contribution >= 0.6 is 27.7 Å². The van der Waals surface area contributed by atoms with Crippen LogP contribution in [0.5, 0.6) is 0 Å². The molecule has 0 saturated carbocycles. The van der Waals surface area contributed by atoms with E-state index in [0.717, 1.165) is 16.6 Å². The zero-order valence-electron chi connectivity index (χ0n) is 10.2. The van der Waals surface area contributed by atoms with E-state index in [2.05, 4.69) is 54.9 Å². The van der Waals surface area contributed by atoms with Crippen LogP contribution in [0.4, 0.5) is 0 Å². The highest BCUT2D eigenvalue weighted by Crippen LogP contribution is 2.28. The van der Waals surface area contributed by atoms with Gasteiger partial charge in [0.1, 0.15) is 0 Å². The zero-order chi connectivity index (χ0) is 12.1. The van der Waals surface area contributed by atoms with E-state index < -0.39 is 0 Å². The normalized spacial score (nSPS) is 13.1. The number of rotatable bonds is 5. The summed E-state index contributed by atoms with van der Waals surface area (Å²) < 4.78 is 1.15. The van der Waals surface area contributed by atoms with Gasteiger partial charge in [0.25, 0.3) is 0 Å². The highest BCUT2D eigenvalue weighted by Gasteiger charge is 2.07. The van der Waals surface area contributed by atoms with Crippen LogP contribution in [0.3, 0.4) is 0 Å². The van der Waals surface area contributed by atoms with Crippen molar-refractivity contribution in [3.63, 3.8) is 0 Å². The lowest BCUT2D eigenvalue weighted by Crippen LogP contribution is -2.18. The largest absolute Gasteiger partial charge is 0.328 e. The van der Waals surface area contributed by atoms with Crippen molar-refractivity contribution in [3.8, 4) is 0 Å². The van der Waals surface area contributed by atoms with E-state index in [4.69, 9.17) is 5.73 Å². The molecule has 0 bridgehead atoms. The lowest BCUT2D eigenvalue weighted by Gasteiger charge is -2.13. The minimum absolute atomic E-state index is 0.222. The summed E-state index contributed by atoms with van der Waals surface area (Å²) >= 11 is 5.45. The van der Waals surface area contributed by atoms with Gasteiger partial charge >= 0.3 is 0 Å². The summed E-state index contributed by atoms with van der Waals surface area (Å²) in [6, 6.07) is 6.69. The average molecular weight is 302 g/mol. The molecule has 0 aliphatic carbocycles. The number of nitrogens with two attached hydrogens (primary N) is 1. The maximum absolute atomic E-state index is 5.87. The molecular formula is C13H20BrNS. The van der Waals surface area contributed by atoms with Crippen LogP contribution < -0.4 is 5.73 Å². The van der Waals surface area contributed by atoms with E-state index in [9.17, 15) is 0 Å². The smallest absolute Gasteiger partial charge is 0.0186 e. The van der Waals surface area contributed by atoms with Crippen LogP contribution in [0.1, 0.15) is 26.3 Å². The van der Waals surface area contributed by atoms with Crippen LogP contribution in [-0.2, 0) is 6.42 Å². The topological polar surface area (TPSA) is 26.0 Å². The second kappa shape index (κ2) is 6.67. The third kappa shape index (κ3) is 4.89. The molecule has 0 aromatic heterocycles. The van der Waals surface area contributed by atoms with E-state index in [1.54, 1.807) is 0 Å². The van der Waals surface area contributed by atoms with E-state index in [-0.39, 0.29) is 6.04 Å². The molecule has 2 N–H and O–H groups in total. The molecule has 16 heavy (non-hydrogen) atoms. The van der Waals surface area contributed by atoms with Gasteiger partial charge in [-0.05, 0) is 37.0 Å². The number of benzene rings is 1. The van der Waals surface area contributed by atoms with E-state index in [1.165, 1.54) is 10.5 Å². The fourth-order valence-corrected chi connectivity index (χ4v) is 3.01. The van der Waals surface area contributed by atoms with Gasteiger partial charge in [0.2, 0.25) is 0 Å². The Morgan fingerprint density at radius 3 is 2.56 bits per heavy atom. The van der Waals surface area contributed by atoms with Gasteiger partial charge in [-0.3, -0.25) is 0 Å². The van der Waals surface area contributed by atoms with Crippen molar-refractivity contribution in [1.29, 1.82) is 0 Å². The van der Waals surface area contributed by atoms with Crippen molar-refractivity contribution < 1.29 is 0 Å².